The lowest BCUT2D eigenvalue weighted by atomic mass is 9.86. The van der Waals surface area contributed by atoms with Crippen molar-refractivity contribution in [2.75, 3.05) is 7.11 Å². The molecule has 1 unspecified atom stereocenters. The van der Waals surface area contributed by atoms with Crippen LogP contribution in [0.5, 0.6) is 5.75 Å². The molecule has 1 aromatic carbocycles. The second-order valence-electron chi connectivity index (χ2n) is 5.98. The van der Waals surface area contributed by atoms with E-state index in [-0.39, 0.29) is 10.8 Å². The molecular weight excluding hydrogens is 312 g/mol. The molecule has 1 nitrogen and oxygen atoms in total. The Balaban J connectivity index is 3.29. The highest BCUT2D eigenvalue weighted by atomic mass is 79.9. The van der Waals surface area contributed by atoms with Crippen molar-refractivity contribution in [3.05, 3.63) is 27.2 Å². The molecule has 0 aliphatic carbocycles. The number of rotatable bonds is 3. The maximum atomic E-state index is 6.62. The zero-order valence-electron chi connectivity index (χ0n) is 12.0. The zero-order valence-corrected chi connectivity index (χ0v) is 14.4. The first kappa shape index (κ1) is 15.8. The van der Waals surface area contributed by atoms with Gasteiger partial charge in [-0.05, 0) is 42.9 Å². The van der Waals surface area contributed by atoms with Crippen molar-refractivity contribution < 1.29 is 4.74 Å². The monoisotopic (exact) mass is 332 g/mol. The summed E-state index contributed by atoms with van der Waals surface area (Å²) >= 11 is 10.2. The highest BCUT2D eigenvalue weighted by Crippen LogP contribution is 2.43. The van der Waals surface area contributed by atoms with Crippen LogP contribution < -0.4 is 4.74 Å². The van der Waals surface area contributed by atoms with Crippen LogP contribution in [0.3, 0.4) is 0 Å². The number of alkyl halides is 1. The second-order valence-corrected chi connectivity index (χ2v) is 7.36. The summed E-state index contributed by atoms with van der Waals surface area (Å²) in [5, 5.41) is -0.0313. The summed E-state index contributed by atoms with van der Waals surface area (Å²) in [5.74, 6) is 0.917. The van der Waals surface area contributed by atoms with E-state index >= 15 is 0 Å². The normalized spacial score (nSPS) is 13.6. The van der Waals surface area contributed by atoms with Gasteiger partial charge in [-0.25, -0.2) is 0 Å². The van der Waals surface area contributed by atoms with Crippen LogP contribution in [0.15, 0.2) is 10.5 Å². The van der Waals surface area contributed by atoms with E-state index in [0.29, 0.717) is 0 Å². The van der Waals surface area contributed by atoms with Crippen molar-refractivity contribution in [1.82, 2.24) is 0 Å². The Morgan fingerprint density at radius 1 is 1.33 bits per heavy atom. The van der Waals surface area contributed by atoms with Gasteiger partial charge in [-0.2, -0.15) is 0 Å². The van der Waals surface area contributed by atoms with Crippen LogP contribution in [-0.2, 0) is 0 Å². The van der Waals surface area contributed by atoms with Gasteiger partial charge in [-0.1, -0.05) is 36.7 Å². The van der Waals surface area contributed by atoms with E-state index in [2.05, 4.69) is 49.7 Å². The molecule has 0 radical (unpaired) electrons. The molecule has 0 bridgehead atoms. The Labute approximate surface area is 124 Å². The van der Waals surface area contributed by atoms with Crippen molar-refractivity contribution in [2.24, 2.45) is 5.41 Å². The number of methoxy groups -OCH3 is 1. The third kappa shape index (κ3) is 3.64. The molecular formula is C15H22BrClO. The SMILES string of the molecule is COc1c(C)cc(Br)c(C)c1C(Cl)CC(C)(C)C. The van der Waals surface area contributed by atoms with Gasteiger partial charge in [0.1, 0.15) is 5.75 Å². The first-order chi connectivity index (χ1) is 8.17. The summed E-state index contributed by atoms with van der Waals surface area (Å²) < 4.78 is 6.64. The third-order valence-corrected chi connectivity index (χ3v) is 4.21. The fourth-order valence-corrected chi connectivity index (χ4v) is 3.45. The number of hydrogen-bond acceptors (Lipinski definition) is 1. The van der Waals surface area contributed by atoms with Crippen molar-refractivity contribution in [3.8, 4) is 5.75 Å². The molecule has 0 aromatic heterocycles. The highest BCUT2D eigenvalue weighted by Gasteiger charge is 2.24. The van der Waals surface area contributed by atoms with Gasteiger partial charge in [0.25, 0.3) is 0 Å². The van der Waals surface area contributed by atoms with Crippen LogP contribution in [0.25, 0.3) is 0 Å². The van der Waals surface area contributed by atoms with E-state index < -0.39 is 0 Å². The molecule has 0 N–H and O–H groups in total. The van der Waals surface area contributed by atoms with Crippen molar-refractivity contribution in [3.63, 3.8) is 0 Å². The first-order valence-corrected chi connectivity index (χ1v) is 7.38. The molecule has 102 valence electrons. The molecule has 1 aromatic rings. The third-order valence-electron chi connectivity index (χ3n) is 3.02. The molecule has 0 aliphatic rings. The molecule has 0 saturated heterocycles. The number of ether oxygens (including phenoxy) is 1. The van der Waals surface area contributed by atoms with Gasteiger partial charge in [0.05, 0.1) is 12.5 Å². The van der Waals surface area contributed by atoms with Crippen LogP contribution in [0.1, 0.15) is 49.3 Å². The lowest BCUT2D eigenvalue weighted by Crippen LogP contribution is -2.11. The average molecular weight is 334 g/mol. The van der Waals surface area contributed by atoms with E-state index in [1.54, 1.807) is 7.11 Å². The van der Waals surface area contributed by atoms with Gasteiger partial charge < -0.3 is 4.74 Å². The first-order valence-electron chi connectivity index (χ1n) is 6.15. The second kappa shape index (κ2) is 5.83. The highest BCUT2D eigenvalue weighted by molar-refractivity contribution is 9.10. The summed E-state index contributed by atoms with van der Waals surface area (Å²) in [5.41, 5.74) is 3.59. The lowest BCUT2D eigenvalue weighted by molar-refractivity contribution is 0.362. The molecule has 0 spiro atoms. The minimum atomic E-state index is -0.0313. The van der Waals surface area contributed by atoms with E-state index in [1.165, 1.54) is 5.56 Å². The predicted molar refractivity (Wildman–Crippen MR) is 82.8 cm³/mol. The fourth-order valence-electron chi connectivity index (χ4n) is 2.16. The molecule has 1 atom stereocenters. The zero-order chi connectivity index (χ0) is 14.1. The summed E-state index contributed by atoms with van der Waals surface area (Å²) in [7, 11) is 1.71. The molecule has 0 fully saturated rings. The number of benzene rings is 1. The Morgan fingerprint density at radius 3 is 2.33 bits per heavy atom. The molecule has 18 heavy (non-hydrogen) atoms. The Hall–Kier alpha value is -0.210. The van der Waals surface area contributed by atoms with Crippen LogP contribution >= 0.6 is 27.5 Å². The van der Waals surface area contributed by atoms with Crippen LogP contribution in [0, 0.1) is 19.3 Å². The minimum Gasteiger partial charge on any atom is -0.496 e. The van der Waals surface area contributed by atoms with Crippen LogP contribution in [0.4, 0.5) is 0 Å². The van der Waals surface area contributed by atoms with Gasteiger partial charge in [-0.3, -0.25) is 0 Å². The van der Waals surface area contributed by atoms with E-state index in [0.717, 1.165) is 27.8 Å². The van der Waals surface area contributed by atoms with Crippen molar-refractivity contribution in [1.29, 1.82) is 0 Å². The van der Waals surface area contributed by atoms with Crippen molar-refractivity contribution in [2.45, 2.75) is 46.4 Å². The van der Waals surface area contributed by atoms with E-state index in [9.17, 15) is 0 Å². The minimum absolute atomic E-state index is 0.0313. The van der Waals surface area contributed by atoms with E-state index in [4.69, 9.17) is 16.3 Å². The Morgan fingerprint density at radius 2 is 1.89 bits per heavy atom. The summed E-state index contributed by atoms with van der Waals surface area (Å²) in [4.78, 5) is 0. The number of aryl methyl sites for hydroxylation is 1. The lowest BCUT2D eigenvalue weighted by Gasteiger charge is -2.25. The maximum absolute atomic E-state index is 6.62. The number of hydrogen-bond donors (Lipinski definition) is 0. The summed E-state index contributed by atoms with van der Waals surface area (Å²) in [6.45, 7) is 10.7. The Kier molecular flexibility index (Phi) is 5.13. The fraction of sp³-hybridized carbons (Fsp3) is 0.600. The average Bonchev–Trinajstić information content (AvgIpc) is 2.20. The molecule has 0 saturated carbocycles. The molecule has 0 heterocycles. The summed E-state index contributed by atoms with van der Waals surface area (Å²) in [6, 6.07) is 2.08. The number of halogens is 2. The van der Waals surface area contributed by atoms with Crippen LogP contribution in [0.2, 0.25) is 0 Å². The maximum Gasteiger partial charge on any atom is 0.126 e. The van der Waals surface area contributed by atoms with Gasteiger partial charge in [0.15, 0.2) is 0 Å². The smallest absolute Gasteiger partial charge is 0.126 e. The van der Waals surface area contributed by atoms with Crippen molar-refractivity contribution >= 4 is 27.5 Å². The van der Waals surface area contributed by atoms with E-state index in [1.807, 2.05) is 6.92 Å². The topological polar surface area (TPSA) is 9.23 Å². The standard InChI is InChI=1S/C15H22BrClO/c1-9-7-11(16)10(2)13(14(9)18-6)12(17)8-15(3,4)5/h7,12H,8H2,1-6H3. The quantitative estimate of drug-likeness (QED) is 0.636. The Bertz CT molecular complexity index is 435. The largest absolute Gasteiger partial charge is 0.496 e. The molecule has 3 heteroatoms. The molecule has 0 amide bonds. The predicted octanol–water partition coefficient (Wildman–Crippen LogP) is 5.79. The van der Waals surface area contributed by atoms with Gasteiger partial charge in [0.2, 0.25) is 0 Å². The summed E-state index contributed by atoms with van der Waals surface area (Å²) in [6.07, 6.45) is 0.918. The molecule has 1 rings (SSSR count). The van der Waals surface area contributed by atoms with Gasteiger partial charge in [0, 0.05) is 10.0 Å². The van der Waals surface area contributed by atoms with Gasteiger partial charge >= 0.3 is 0 Å². The van der Waals surface area contributed by atoms with Crippen LogP contribution in [-0.4, -0.2) is 7.11 Å². The van der Waals surface area contributed by atoms with Gasteiger partial charge in [-0.15, -0.1) is 11.6 Å². The molecule has 0 aliphatic heterocycles.